The van der Waals surface area contributed by atoms with Crippen molar-refractivity contribution in [3.63, 3.8) is 0 Å². The summed E-state index contributed by atoms with van der Waals surface area (Å²) in [4.78, 5) is 11.5. The average molecular weight is 318 g/mol. The van der Waals surface area contributed by atoms with Crippen molar-refractivity contribution in [1.29, 1.82) is 0 Å². The molecule has 0 saturated carbocycles. The van der Waals surface area contributed by atoms with Crippen molar-refractivity contribution in [3.05, 3.63) is 47.5 Å². The van der Waals surface area contributed by atoms with Crippen molar-refractivity contribution >= 4 is 13.1 Å². The molecule has 5 heteroatoms. The van der Waals surface area contributed by atoms with E-state index in [2.05, 4.69) is 0 Å². The Bertz CT molecular complexity index is 537. The fourth-order valence-corrected chi connectivity index (χ4v) is 2.00. The number of methoxy groups -OCH3 is 1. The van der Waals surface area contributed by atoms with Gasteiger partial charge in [-0.2, -0.15) is 0 Å². The van der Waals surface area contributed by atoms with Gasteiger partial charge in [0.15, 0.2) is 0 Å². The van der Waals surface area contributed by atoms with E-state index in [9.17, 15) is 4.79 Å². The molecule has 0 spiro atoms. The van der Waals surface area contributed by atoms with Crippen molar-refractivity contribution in [2.75, 3.05) is 7.11 Å². The van der Waals surface area contributed by atoms with Crippen LogP contribution in [-0.4, -0.2) is 31.4 Å². The van der Waals surface area contributed by atoms with E-state index in [1.807, 2.05) is 58.8 Å². The van der Waals surface area contributed by atoms with Crippen LogP contribution in [0.2, 0.25) is 0 Å². The molecule has 0 aromatic carbocycles. The van der Waals surface area contributed by atoms with Crippen LogP contribution in [0.4, 0.5) is 0 Å². The third kappa shape index (κ3) is 5.22. The van der Waals surface area contributed by atoms with Crippen LogP contribution in [0.5, 0.6) is 0 Å². The molecule has 0 aliphatic carbocycles. The van der Waals surface area contributed by atoms with E-state index < -0.39 is 0 Å². The predicted octanol–water partition coefficient (Wildman–Crippen LogP) is 3.80. The van der Waals surface area contributed by atoms with E-state index >= 15 is 0 Å². The van der Waals surface area contributed by atoms with Gasteiger partial charge < -0.3 is 14.0 Å². The summed E-state index contributed by atoms with van der Waals surface area (Å²) < 4.78 is 16.5. The molecule has 0 unspecified atom stereocenters. The lowest BCUT2D eigenvalue weighted by atomic mass is 9.90. The number of esters is 1. The maximum Gasteiger partial charge on any atom is 0.487 e. The number of ether oxygens (including phenoxy) is 1. The molecule has 23 heavy (non-hydrogen) atoms. The van der Waals surface area contributed by atoms with Crippen molar-refractivity contribution < 1.29 is 18.8 Å². The molecule has 0 amide bonds. The minimum Gasteiger partial charge on any atom is -0.465 e. The molecule has 126 valence electrons. The lowest BCUT2D eigenvalue weighted by Gasteiger charge is -2.32. The van der Waals surface area contributed by atoms with Gasteiger partial charge in [0.05, 0.1) is 23.9 Å². The Hall–Kier alpha value is -1.59. The Balaban J connectivity index is 2.65. The van der Waals surface area contributed by atoms with E-state index in [1.54, 1.807) is 19.1 Å². The normalized spacial score (nSPS) is 21.4. The first-order chi connectivity index (χ1) is 10.6. The second-order valence-electron chi connectivity index (χ2n) is 6.49. The van der Waals surface area contributed by atoms with Crippen LogP contribution >= 0.6 is 0 Å². The van der Waals surface area contributed by atoms with Crippen molar-refractivity contribution in [3.8, 4) is 0 Å². The van der Waals surface area contributed by atoms with Gasteiger partial charge in [-0.1, -0.05) is 35.9 Å². The first kappa shape index (κ1) is 19.5. The molecule has 1 rings (SSSR count). The summed E-state index contributed by atoms with van der Waals surface area (Å²) >= 11 is 0. The lowest BCUT2D eigenvalue weighted by Crippen LogP contribution is -2.41. The molecule has 0 radical (unpaired) electrons. The number of hydrogen-bond acceptors (Lipinski definition) is 4. The second kappa shape index (κ2) is 7.80. The molecule has 0 N–H and O–H groups in total. The number of rotatable bonds is 5. The third-order valence-electron chi connectivity index (χ3n) is 4.13. The highest BCUT2D eigenvalue weighted by atomic mass is 16.7. The summed E-state index contributed by atoms with van der Waals surface area (Å²) in [6, 6.07) is 0. The smallest absolute Gasteiger partial charge is 0.465 e. The molecule has 0 bridgehead atoms. The molecule has 0 aromatic rings. The summed E-state index contributed by atoms with van der Waals surface area (Å²) in [5.41, 5.74) is 0.817. The molecular weight excluding hydrogens is 291 g/mol. The summed E-state index contributed by atoms with van der Waals surface area (Å²) in [5, 5.41) is 0. The quantitative estimate of drug-likeness (QED) is 0.335. The molecule has 4 nitrogen and oxygen atoms in total. The molecule has 0 aromatic heterocycles. The standard InChI is InChI=1S/C18H27BO4/c1-8-15(16(20)21-7)13-14(2)11-9-10-12-19-22-17(3,4)18(5,6)23-19/h8-13H,1-7H3/b11-9+,12-10+,14-13+,15-8+. The van der Waals surface area contributed by atoms with Gasteiger partial charge in [0.25, 0.3) is 0 Å². The highest BCUT2D eigenvalue weighted by Gasteiger charge is 2.49. The summed E-state index contributed by atoms with van der Waals surface area (Å²) in [6.45, 7) is 11.8. The monoisotopic (exact) mass is 318 g/mol. The average Bonchev–Trinajstić information content (AvgIpc) is 2.68. The van der Waals surface area contributed by atoms with Gasteiger partial charge >= 0.3 is 13.1 Å². The highest BCUT2D eigenvalue weighted by molar-refractivity contribution is 6.51. The van der Waals surface area contributed by atoms with Gasteiger partial charge in [-0.3, -0.25) is 0 Å². The van der Waals surface area contributed by atoms with Crippen LogP contribution in [0.15, 0.2) is 47.5 Å². The number of hydrogen-bond donors (Lipinski definition) is 0. The van der Waals surface area contributed by atoms with Crippen molar-refractivity contribution in [2.24, 2.45) is 0 Å². The van der Waals surface area contributed by atoms with E-state index in [0.29, 0.717) is 5.57 Å². The van der Waals surface area contributed by atoms with Gasteiger partial charge in [-0.15, -0.1) is 0 Å². The van der Waals surface area contributed by atoms with Crippen LogP contribution in [0.3, 0.4) is 0 Å². The largest absolute Gasteiger partial charge is 0.487 e. The van der Waals surface area contributed by atoms with Crippen LogP contribution in [-0.2, 0) is 18.8 Å². The highest BCUT2D eigenvalue weighted by Crippen LogP contribution is 2.36. The van der Waals surface area contributed by atoms with Gasteiger partial charge in [0, 0.05) is 0 Å². The molecule has 1 saturated heterocycles. The van der Waals surface area contributed by atoms with E-state index in [-0.39, 0.29) is 24.3 Å². The predicted molar refractivity (Wildman–Crippen MR) is 93.9 cm³/mol. The minimum atomic E-state index is -0.352. The van der Waals surface area contributed by atoms with Gasteiger partial charge in [-0.05, 0) is 47.6 Å². The Morgan fingerprint density at radius 3 is 2.13 bits per heavy atom. The summed E-state index contributed by atoms with van der Waals surface area (Å²) in [6.07, 6.45) is 9.19. The molecule has 1 fully saturated rings. The Morgan fingerprint density at radius 2 is 1.65 bits per heavy atom. The topological polar surface area (TPSA) is 44.8 Å². The second-order valence-corrected chi connectivity index (χ2v) is 6.49. The van der Waals surface area contributed by atoms with Gasteiger partial charge in [0.1, 0.15) is 0 Å². The summed E-state index contributed by atoms with van der Waals surface area (Å²) in [7, 11) is 1.02. The fourth-order valence-electron chi connectivity index (χ4n) is 2.00. The van der Waals surface area contributed by atoms with Crippen LogP contribution in [0, 0.1) is 0 Å². The van der Waals surface area contributed by atoms with Crippen LogP contribution in [0.1, 0.15) is 41.5 Å². The molecule has 1 aliphatic rings. The zero-order chi connectivity index (χ0) is 17.7. The SMILES string of the molecule is C\C=C(/C=C(C)/C=C/C=C/B1OC(C)(C)C(C)(C)O1)C(=O)OC. The molecule has 0 atom stereocenters. The zero-order valence-electron chi connectivity index (χ0n) is 15.2. The number of carbonyl (C=O) groups excluding carboxylic acids is 1. The van der Waals surface area contributed by atoms with Crippen LogP contribution in [0.25, 0.3) is 0 Å². The summed E-state index contributed by atoms with van der Waals surface area (Å²) in [5.74, 6) is 1.53. The van der Waals surface area contributed by atoms with Crippen molar-refractivity contribution in [2.45, 2.75) is 52.7 Å². The minimum absolute atomic E-state index is 0.330. The molecular formula is C18H27BO4. The first-order valence-corrected chi connectivity index (χ1v) is 7.76. The lowest BCUT2D eigenvalue weighted by molar-refractivity contribution is -0.135. The van der Waals surface area contributed by atoms with Gasteiger partial charge in [-0.25, -0.2) is 4.79 Å². The molecule has 1 aliphatic heterocycles. The maximum absolute atomic E-state index is 11.5. The fraction of sp³-hybridized carbons (Fsp3) is 0.500. The zero-order valence-corrected chi connectivity index (χ0v) is 15.2. The van der Waals surface area contributed by atoms with E-state index in [0.717, 1.165) is 5.57 Å². The number of carbonyl (C=O) groups is 1. The molecule has 1 heterocycles. The third-order valence-corrected chi connectivity index (χ3v) is 4.13. The Kier molecular flexibility index (Phi) is 6.60. The van der Waals surface area contributed by atoms with E-state index in [1.165, 1.54) is 7.11 Å². The van der Waals surface area contributed by atoms with E-state index in [4.69, 9.17) is 14.0 Å². The van der Waals surface area contributed by atoms with Gasteiger partial charge in [0.2, 0.25) is 0 Å². The Morgan fingerprint density at radius 1 is 1.09 bits per heavy atom. The van der Waals surface area contributed by atoms with Crippen molar-refractivity contribution in [1.82, 2.24) is 0 Å². The maximum atomic E-state index is 11.5. The first-order valence-electron chi connectivity index (χ1n) is 7.76. The number of allylic oxidation sites excluding steroid dienone is 5. The Labute approximate surface area is 140 Å². The van der Waals surface area contributed by atoms with Crippen LogP contribution < -0.4 is 0 Å².